The molecule has 2 aromatic rings. The SMILES string of the molecule is CCOc1ccc([C@@]2(O)CSC3=C(C#N)[C@@H](c4cccc(Cl)c4)CC(=O)N32)cc1. The second-order valence-electron chi connectivity index (χ2n) is 6.93. The largest absolute Gasteiger partial charge is 0.494 e. The first-order valence-electron chi connectivity index (χ1n) is 9.29. The van der Waals surface area contributed by atoms with E-state index in [4.69, 9.17) is 16.3 Å². The number of allylic oxidation sites excluding steroid dienone is 1. The van der Waals surface area contributed by atoms with Gasteiger partial charge in [0.2, 0.25) is 5.91 Å². The first kappa shape index (κ1) is 19.8. The molecule has 0 aliphatic carbocycles. The Balaban J connectivity index is 1.75. The lowest BCUT2D eigenvalue weighted by molar-refractivity contribution is -0.149. The summed E-state index contributed by atoms with van der Waals surface area (Å²) in [4.78, 5) is 14.5. The number of fused-ring (bicyclic) bond motifs is 1. The van der Waals surface area contributed by atoms with Gasteiger partial charge >= 0.3 is 0 Å². The normalized spacial score (nSPS) is 23.7. The van der Waals surface area contributed by atoms with Gasteiger partial charge in [-0.1, -0.05) is 35.9 Å². The minimum Gasteiger partial charge on any atom is -0.494 e. The zero-order valence-electron chi connectivity index (χ0n) is 15.8. The molecule has 2 atom stereocenters. The average molecular weight is 427 g/mol. The number of carbonyl (C=O) groups excluding carboxylic acids is 1. The Hall–Kier alpha value is -2.46. The number of carbonyl (C=O) groups is 1. The highest BCUT2D eigenvalue weighted by Gasteiger charge is 2.51. The summed E-state index contributed by atoms with van der Waals surface area (Å²) in [6, 6.07) is 16.6. The highest BCUT2D eigenvalue weighted by molar-refractivity contribution is 8.03. The maximum Gasteiger partial charge on any atom is 0.231 e. The van der Waals surface area contributed by atoms with Crippen molar-refractivity contribution in [3.63, 3.8) is 0 Å². The summed E-state index contributed by atoms with van der Waals surface area (Å²) in [6.45, 7) is 2.45. The molecule has 7 heteroatoms. The Labute approximate surface area is 178 Å². The van der Waals surface area contributed by atoms with Gasteiger partial charge in [-0.25, -0.2) is 0 Å². The van der Waals surface area contributed by atoms with E-state index in [0.29, 0.717) is 33.5 Å². The van der Waals surface area contributed by atoms with E-state index in [-0.39, 0.29) is 24.0 Å². The van der Waals surface area contributed by atoms with Crippen molar-refractivity contribution in [2.45, 2.75) is 25.0 Å². The van der Waals surface area contributed by atoms with Crippen LogP contribution in [-0.2, 0) is 10.5 Å². The smallest absolute Gasteiger partial charge is 0.231 e. The molecule has 0 saturated carbocycles. The molecule has 0 spiro atoms. The van der Waals surface area contributed by atoms with Gasteiger partial charge in [0.05, 0.1) is 29.0 Å². The Kier molecular flexibility index (Phi) is 5.30. The van der Waals surface area contributed by atoms with Crippen molar-refractivity contribution < 1.29 is 14.6 Å². The van der Waals surface area contributed by atoms with E-state index in [2.05, 4.69) is 6.07 Å². The van der Waals surface area contributed by atoms with E-state index >= 15 is 0 Å². The van der Waals surface area contributed by atoms with E-state index < -0.39 is 5.72 Å². The Morgan fingerprint density at radius 1 is 1.34 bits per heavy atom. The first-order valence-corrected chi connectivity index (χ1v) is 10.7. The monoisotopic (exact) mass is 426 g/mol. The van der Waals surface area contributed by atoms with Crippen LogP contribution in [0.15, 0.2) is 59.1 Å². The van der Waals surface area contributed by atoms with Gasteiger partial charge in [0.15, 0.2) is 5.72 Å². The molecule has 2 heterocycles. The number of ether oxygens (including phenoxy) is 1. The molecule has 1 saturated heterocycles. The lowest BCUT2D eigenvalue weighted by Crippen LogP contribution is -2.48. The molecule has 4 rings (SSSR count). The highest BCUT2D eigenvalue weighted by Crippen LogP contribution is 2.51. The highest BCUT2D eigenvalue weighted by atomic mass is 35.5. The van der Waals surface area contributed by atoms with Crippen molar-refractivity contribution >= 4 is 29.3 Å². The molecule has 148 valence electrons. The number of hydrogen-bond acceptors (Lipinski definition) is 5. The van der Waals surface area contributed by atoms with Crippen LogP contribution >= 0.6 is 23.4 Å². The Morgan fingerprint density at radius 2 is 2.10 bits per heavy atom. The van der Waals surface area contributed by atoms with Gasteiger partial charge in [0, 0.05) is 22.9 Å². The number of hydrogen-bond donors (Lipinski definition) is 1. The van der Waals surface area contributed by atoms with E-state index in [1.165, 1.54) is 16.7 Å². The van der Waals surface area contributed by atoms with E-state index in [9.17, 15) is 15.2 Å². The third-order valence-corrected chi connectivity index (χ3v) is 6.65. The molecule has 1 N–H and O–H groups in total. The third kappa shape index (κ3) is 3.40. The fraction of sp³-hybridized carbons (Fsp3) is 0.273. The van der Waals surface area contributed by atoms with Gasteiger partial charge in [-0.05, 0) is 36.8 Å². The lowest BCUT2D eigenvalue weighted by atomic mass is 9.85. The molecule has 0 unspecified atom stereocenters. The predicted molar refractivity (Wildman–Crippen MR) is 112 cm³/mol. The number of aliphatic hydroxyl groups is 1. The number of benzene rings is 2. The van der Waals surface area contributed by atoms with Gasteiger partial charge < -0.3 is 9.84 Å². The maximum absolute atomic E-state index is 13.1. The summed E-state index contributed by atoms with van der Waals surface area (Å²) in [5.74, 6) is 0.373. The molecule has 1 amide bonds. The topological polar surface area (TPSA) is 73.6 Å². The number of amides is 1. The number of nitriles is 1. The van der Waals surface area contributed by atoms with E-state index in [0.717, 1.165) is 5.56 Å². The summed E-state index contributed by atoms with van der Waals surface area (Å²) in [5, 5.41) is 22.4. The van der Waals surface area contributed by atoms with Crippen LogP contribution < -0.4 is 4.74 Å². The van der Waals surface area contributed by atoms with Gasteiger partial charge in [-0.15, -0.1) is 11.8 Å². The molecule has 0 radical (unpaired) electrons. The molecule has 2 aliphatic rings. The Bertz CT molecular complexity index is 1030. The Morgan fingerprint density at radius 3 is 2.76 bits per heavy atom. The van der Waals surface area contributed by atoms with Crippen LogP contribution in [0.2, 0.25) is 5.02 Å². The fourth-order valence-corrected chi connectivity index (χ4v) is 5.39. The molecule has 5 nitrogen and oxygen atoms in total. The lowest BCUT2D eigenvalue weighted by Gasteiger charge is -2.38. The molecule has 0 bridgehead atoms. The minimum atomic E-state index is -1.50. The summed E-state index contributed by atoms with van der Waals surface area (Å²) in [5.41, 5.74) is 0.407. The molecule has 2 aromatic carbocycles. The van der Waals surface area contributed by atoms with Crippen molar-refractivity contribution in [1.82, 2.24) is 4.90 Å². The quantitative estimate of drug-likeness (QED) is 0.785. The molecule has 29 heavy (non-hydrogen) atoms. The predicted octanol–water partition coefficient (Wildman–Crippen LogP) is 4.38. The molecule has 1 fully saturated rings. The second-order valence-corrected chi connectivity index (χ2v) is 8.33. The number of nitrogens with zero attached hydrogens (tertiary/aromatic N) is 2. The van der Waals surface area contributed by atoms with Crippen molar-refractivity contribution in [2.24, 2.45) is 0 Å². The fourth-order valence-electron chi connectivity index (χ4n) is 3.83. The van der Waals surface area contributed by atoms with Crippen LogP contribution in [0.3, 0.4) is 0 Å². The van der Waals surface area contributed by atoms with Crippen LogP contribution in [0.25, 0.3) is 0 Å². The molecule has 2 aliphatic heterocycles. The standard InChI is InChI=1S/C22H19ClN2O3S/c1-2-28-17-8-6-15(7-9-17)22(27)13-29-21-19(12-24)18(11-20(26)25(21)22)14-4-3-5-16(23)10-14/h3-10,18,27H,2,11,13H2,1H3/t18-,22+/m1/s1. The third-order valence-electron chi connectivity index (χ3n) is 5.19. The van der Waals surface area contributed by atoms with Crippen molar-refractivity contribution in [1.29, 1.82) is 5.26 Å². The van der Waals surface area contributed by atoms with Crippen LogP contribution in [0.4, 0.5) is 0 Å². The van der Waals surface area contributed by atoms with Crippen molar-refractivity contribution in [2.75, 3.05) is 12.4 Å². The minimum absolute atomic E-state index is 0.104. The van der Waals surface area contributed by atoms with Gasteiger partial charge in [0.1, 0.15) is 5.75 Å². The molecular weight excluding hydrogens is 408 g/mol. The molecule has 0 aromatic heterocycles. The van der Waals surface area contributed by atoms with Gasteiger partial charge in [0.25, 0.3) is 0 Å². The average Bonchev–Trinajstić information content (AvgIpc) is 3.08. The number of rotatable bonds is 4. The number of halogens is 1. The van der Waals surface area contributed by atoms with Crippen LogP contribution in [0.5, 0.6) is 5.75 Å². The molecular formula is C22H19ClN2O3S. The van der Waals surface area contributed by atoms with Crippen LogP contribution in [0.1, 0.15) is 30.4 Å². The van der Waals surface area contributed by atoms with Gasteiger partial charge in [-0.3, -0.25) is 9.69 Å². The summed E-state index contributed by atoms with van der Waals surface area (Å²) in [6.07, 6.45) is 0.104. The number of thioether (sulfide) groups is 1. The summed E-state index contributed by atoms with van der Waals surface area (Å²) >= 11 is 7.44. The van der Waals surface area contributed by atoms with Crippen LogP contribution in [0, 0.1) is 11.3 Å². The van der Waals surface area contributed by atoms with Crippen molar-refractivity contribution in [3.05, 3.63) is 75.3 Å². The summed E-state index contributed by atoms with van der Waals surface area (Å²) in [7, 11) is 0. The van der Waals surface area contributed by atoms with Gasteiger partial charge in [-0.2, -0.15) is 5.26 Å². The van der Waals surface area contributed by atoms with E-state index in [1.54, 1.807) is 36.4 Å². The second kappa shape index (κ2) is 7.75. The first-order chi connectivity index (χ1) is 14.0. The zero-order chi connectivity index (χ0) is 20.6. The van der Waals surface area contributed by atoms with Crippen LogP contribution in [-0.4, -0.2) is 28.3 Å². The summed E-state index contributed by atoms with van der Waals surface area (Å²) < 4.78 is 5.46. The zero-order valence-corrected chi connectivity index (χ0v) is 17.3. The van der Waals surface area contributed by atoms with E-state index in [1.807, 2.05) is 19.1 Å². The van der Waals surface area contributed by atoms with Crippen molar-refractivity contribution in [3.8, 4) is 11.8 Å². The maximum atomic E-state index is 13.1.